The van der Waals surface area contributed by atoms with Gasteiger partial charge in [0.1, 0.15) is 0 Å². The number of nitrogens with two attached hydrogens (primary N) is 1. The van der Waals surface area contributed by atoms with E-state index in [-0.39, 0.29) is 18.7 Å². The molecule has 24 heavy (non-hydrogen) atoms. The summed E-state index contributed by atoms with van der Waals surface area (Å²) in [5.74, 6) is -0.126. The Morgan fingerprint density at radius 2 is 1.75 bits per heavy atom. The van der Waals surface area contributed by atoms with Crippen molar-refractivity contribution >= 4 is 17.7 Å². The van der Waals surface area contributed by atoms with Crippen LogP contribution in [-0.4, -0.2) is 17.1 Å². The van der Waals surface area contributed by atoms with Crippen LogP contribution in [0.2, 0.25) is 0 Å². The summed E-state index contributed by atoms with van der Waals surface area (Å²) in [4.78, 5) is 12.1. The minimum Gasteiger partial charge on any atom is -0.400 e. The lowest BCUT2D eigenvalue weighted by Gasteiger charge is -2.13. The molecule has 2 rings (SSSR count). The van der Waals surface area contributed by atoms with Crippen molar-refractivity contribution in [2.45, 2.75) is 32.8 Å². The maximum absolute atomic E-state index is 12.1. The van der Waals surface area contributed by atoms with Crippen LogP contribution in [0.3, 0.4) is 0 Å². The third kappa shape index (κ3) is 4.96. The number of nitrogens with one attached hydrogen (secondary N) is 1. The summed E-state index contributed by atoms with van der Waals surface area (Å²) in [6, 6.07) is 15.4. The molecule has 4 heteroatoms. The zero-order valence-electron chi connectivity index (χ0n) is 14.1. The Bertz CT molecular complexity index is 703. The second-order valence-corrected chi connectivity index (χ2v) is 5.92. The molecule has 2 aromatic rings. The Labute approximate surface area is 143 Å². The molecule has 0 fully saturated rings. The first-order chi connectivity index (χ1) is 11.5. The molecule has 0 aromatic heterocycles. The summed E-state index contributed by atoms with van der Waals surface area (Å²) in [6.45, 7) is 3.91. The second kappa shape index (κ2) is 8.31. The summed E-state index contributed by atoms with van der Waals surface area (Å²) >= 11 is 0. The van der Waals surface area contributed by atoms with E-state index < -0.39 is 6.10 Å². The van der Waals surface area contributed by atoms with Crippen molar-refractivity contribution in [2.75, 3.05) is 5.32 Å². The van der Waals surface area contributed by atoms with Crippen LogP contribution in [0.15, 0.2) is 54.2 Å². The maximum atomic E-state index is 12.1. The molecular formula is C20H24N2O2. The van der Waals surface area contributed by atoms with E-state index >= 15 is 0 Å². The maximum Gasteiger partial charge on any atom is 0.224 e. The Balaban J connectivity index is 1.90. The Kier molecular flexibility index (Phi) is 6.15. The van der Waals surface area contributed by atoms with Gasteiger partial charge in [-0.25, -0.2) is 0 Å². The average molecular weight is 324 g/mol. The molecule has 4 N–H and O–H groups in total. The number of carbonyl (C=O) groups is 1. The fourth-order valence-electron chi connectivity index (χ4n) is 2.49. The molecule has 0 aliphatic rings. The Hall–Kier alpha value is -2.59. The molecule has 0 spiro atoms. The van der Waals surface area contributed by atoms with Gasteiger partial charge in [0.05, 0.1) is 6.10 Å². The predicted molar refractivity (Wildman–Crippen MR) is 98.4 cm³/mol. The van der Waals surface area contributed by atoms with Crippen molar-refractivity contribution in [3.63, 3.8) is 0 Å². The molecule has 0 aliphatic heterocycles. The van der Waals surface area contributed by atoms with Crippen molar-refractivity contribution in [1.29, 1.82) is 0 Å². The highest BCUT2D eigenvalue weighted by atomic mass is 16.3. The number of amides is 1. The van der Waals surface area contributed by atoms with Crippen molar-refractivity contribution in [1.82, 2.24) is 0 Å². The van der Waals surface area contributed by atoms with E-state index in [9.17, 15) is 9.90 Å². The fourth-order valence-corrected chi connectivity index (χ4v) is 2.49. The zero-order valence-corrected chi connectivity index (χ0v) is 14.1. The van der Waals surface area contributed by atoms with Gasteiger partial charge in [-0.1, -0.05) is 48.5 Å². The van der Waals surface area contributed by atoms with E-state index in [1.165, 1.54) is 0 Å². The van der Waals surface area contributed by atoms with Crippen molar-refractivity contribution in [2.24, 2.45) is 5.73 Å². The minimum absolute atomic E-state index is 0.126. The van der Waals surface area contributed by atoms with Crippen LogP contribution in [0, 0.1) is 13.8 Å². The summed E-state index contributed by atoms with van der Waals surface area (Å²) in [6.07, 6.45) is 1.38. The molecule has 2 aromatic carbocycles. The van der Waals surface area contributed by atoms with Crippen LogP contribution in [0.1, 0.15) is 29.5 Å². The van der Waals surface area contributed by atoms with Gasteiger partial charge in [-0.3, -0.25) is 4.79 Å². The van der Waals surface area contributed by atoms with E-state index in [0.717, 1.165) is 22.4 Å². The molecule has 0 heterocycles. The summed E-state index contributed by atoms with van der Waals surface area (Å²) < 4.78 is 0. The lowest BCUT2D eigenvalue weighted by molar-refractivity contribution is -0.116. The largest absolute Gasteiger partial charge is 0.400 e. The van der Waals surface area contributed by atoms with Crippen LogP contribution in [0.5, 0.6) is 0 Å². The quantitative estimate of drug-likeness (QED) is 0.762. The van der Waals surface area contributed by atoms with Crippen molar-refractivity contribution < 1.29 is 9.90 Å². The SMILES string of the molecule is Cc1cccc(C)c1NC(=O)CC[C@H](O)/C(N)=C/c1ccccc1. The van der Waals surface area contributed by atoms with Gasteiger partial charge in [0.25, 0.3) is 0 Å². The molecule has 0 bridgehead atoms. The summed E-state index contributed by atoms with van der Waals surface area (Å²) in [5, 5.41) is 13.0. The van der Waals surface area contributed by atoms with E-state index in [4.69, 9.17) is 5.73 Å². The van der Waals surface area contributed by atoms with Crippen LogP contribution in [-0.2, 0) is 4.79 Å². The fraction of sp³-hybridized carbons (Fsp3) is 0.250. The summed E-state index contributed by atoms with van der Waals surface area (Å²) in [7, 11) is 0. The number of hydrogen-bond donors (Lipinski definition) is 3. The predicted octanol–water partition coefficient (Wildman–Crippen LogP) is 3.38. The molecule has 0 aliphatic carbocycles. The minimum atomic E-state index is -0.839. The van der Waals surface area contributed by atoms with Gasteiger partial charge in [0.15, 0.2) is 0 Å². The van der Waals surface area contributed by atoms with E-state index in [0.29, 0.717) is 5.70 Å². The van der Waals surface area contributed by atoms with Crippen LogP contribution in [0.25, 0.3) is 6.08 Å². The second-order valence-electron chi connectivity index (χ2n) is 5.92. The monoisotopic (exact) mass is 324 g/mol. The number of anilines is 1. The van der Waals surface area contributed by atoms with Crippen LogP contribution >= 0.6 is 0 Å². The van der Waals surface area contributed by atoms with Gasteiger partial charge < -0.3 is 16.2 Å². The topological polar surface area (TPSA) is 75.3 Å². The third-order valence-electron chi connectivity index (χ3n) is 3.91. The first-order valence-electron chi connectivity index (χ1n) is 8.03. The molecular weight excluding hydrogens is 300 g/mol. The smallest absolute Gasteiger partial charge is 0.224 e. The Morgan fingerprint density at radius 3 is 2.38 bits per heavy atom. The van der Waals surface area contributed by atoms with E-state index in [2.05, 4.69) is 5.32 Å². The lowest BCUT2D eigenvalue weighted by atomic mass is 10.1. The summed E-state index contributed by atoms with van der Waals surface area (Å²) in [5.41, 5.74) is 10.1. The molecule has 1 atom stereocenters. The third-order valence-corrected chi connectivity index (χ3v) is 3.91. The number of carbonyl (C=O) groups excluding carboxylic acids is 1. The highest BCUT2D eigenvalue weighted by Crippen LogP contribution is 2.20. The number of benzene rings is 2. The Morgan fingerprint density at radius 1 is 1.12 bits per heavy atom. The molecule has 126 valence electrons. The van der Waals surface area contributed by atoms with E-state index in [1.807, 2.05) is 62.4 Å². The highest BCUT2D eigenvalue weighted by molar-refractivity contribution is 5.92. The van der Waals surface area contributed by atoms with Gasteiger partial charge in [-0.2, -0.15) is 0 Å². The number of aryl methyl sites for hydroxylation is 2. The first kappa shape index (κ1) is 17.8. The van der Waals surface area contributed by atoms with Gasteiger partial charge in [0, 0.05) is 17.8 Å². The number of hydrogen-bond acceptors (Lipinski definition) is 3. The lowest BCUT2D eigenvalue weighted by Crippen LogP contribution is -2.21. The van der Waals surface area contributed by atoms with Crippen LogP contribution in [0.4, 0.5) is 5.69 Å². The number of aliphatic hydroxyl groups excluding tert-OH is 1. The number of aliphatic hydroxyl groups is 1. The van der Waals surface area contributed by atoms with Crippen molar-refractivity contribution in [3.8, 4) is 0 Å². The van der Waals surface area contributed by atoms with Gasteiger partial charge in [-0.15, -0.1) is 0 Å². The van der Waals surface area contributed by atoms with Gasteiger partial charge >= 0.3 is 0 Å². The van der Waals surface area contributed by atoms with Crippen molar-refractivity contribution in [3.05, 3.63) is 70.9 Å². The first-order valence-corrected chi connectivity index (χ1v) is 8.03. The number of rotatable bonds is 6. The molecule has 0 saturated carbocycles. The number of para-hydroxylation sites is 1. The van der Waals surface area contributed by atoms with Gasteiger partial charge in [-0.05, 0) is 43.0 Å². The van der Waals surface area contributed by atoms with E-state index in [1.54, 1.807) is 6.08 Å². The molecule has 0 unspecified atom stereocenters. The normalized spacial score (nSPS) is 12.7. The molecule has 1 amide bonds. The highest BCUT2D eigenvalue weighted by Gasteiger charge is 2.12. The molecule has 4 nitrogen and oxygen atoms in total. The zero-order chi connectivity index (χ0) is 17.5. The average Bonchev–Trinajstić information content (AvgIpc) is 2.57. The standard InChI is InChI=1S/C20H24N2O2/c1-14-7-6-8-15(2)20(14)22-19(24)12-11-18(23)17(21)13-16-9-4-3-5-10-16/h3-10,13,18,23H,11-12,21H2,1-2H3,(H,22,24)/b17-13-/t18-/m0/s1. The molecule has 0 saturated heterocycles. The van der Waals surface area contributed by atoms with Gasteiger partial charge in [0.2, 0.25) is 5.91 Å². The molecule has 0 radical (unpaired) electrons. The van der Waals surface area contributed by atoms with Crippen LogP contribution < -0.4 is 11.1 Å².